The van der Waals surface area contributed by atoms with Crippen LogP contribution in [0.3, 0.4) is 0 Å². The average Bonchev–Trinajstić information content (AvgIpc) is 2.81. The van der Waals surface area contributed by atoms with Gasteiger partial charge in [0.05, 0.1) is 0 Å². The van der Waals surface area contributed by atoms with E-state index in [1.807, 2.05) is 27.6 Å². The first-order chi connectivity index (χ1) is 8.70. The van der Waals surface area contributed by atoms with Gasteiger partial charge in [0.15, 0.2) is 5.82 Å². The second-order valence-corrected chi connectivity index (χ2v) is 5.36. The Morgan fingerprint density at radius 3 is 2.78 bits per heavy atom. The van der Waals surface area contributed by atoms with Crippen LogP contribution in [0.1, 0.15) is 18.4 Å². The number of hydrogen-bond donors (Lipinski definition) is 0. The van der Waals surface area contributed by atoms with Crippen molar-refractivity contribution in [3.8, 4) is 0 Å². The molecule has 0 unspecified atom stereocenters. The summed E-state index contributed by atoms with van der Waals surface area (Å²) in [7, 11) is 0. The highest BCUT2D eigenvalue weighted by molar-refractivity contribution is 14.1. The number of nitrogens with zero attached hydrogens (tertiary/aromatic N) is 3. The van der Waals surface area contributed by atoms with Crippen LogP contribution >= 0.6 is 22.6 Å². The zero-order valence-electron chi connectivity index (χ0n) is 9.77. The van der Waals surface area contributed by atoms with Crippen LogP contribution in [0.25, 0.3) is 0 Å². The zero-order chi connectivity index (χ0) is 13.0. The highest BCUT2D eigenvalue weighted by atomic mass is 127. The molecule has 0 N–H and O–H groups in total. The molecule has 1 heterocycles. The Labute approximate surface area is 118 Å². The van der Waals surface area contributed by atoms with E-state index < -0.39 is 5.82 Å². The molecule has 2 rings (SSSR count). The summed E-state index contributed by atoms with van der Waals surface area (Å²) in [5, 5.41) is 9.81. The van der Waals surface area contributed by atoms with Gasteiger partial charge in [-0.25, -0.2) is 4.39 Å². The van der Waals surface area contributed by atoms with E-state index in [2.05, 4.69) is 10.3 Å². The van der Waals surface area contributed by atoms with Crippen LogP contribution in [0.4, 0.5) is 10.1 Å². The lowest BCUT2D eigenvalue weighted by atomic mass is 10.1. The lowest BCUT2D eigenvalue weighted by Crippen LogP contribution is -2.09. The number of carbonyl (C=O) groups excluding carboxylic acids is 1. The molecule has 1 aromatic rings. The highest BCUT2D eigenvalue weighted by Crippen LogP contribution is 2.27. The van der Waals surface area contributed by atoms with Gasteiger partial charge in [-0.05, 0) is 53.1 Å². The second-order valence-electron chi connectivity index (χ2n) is 4.12. The van der Waals surface area contributed by atoms with Gasteiger partial charge in [0, 0.05) is 23.1 Å². The van der Waals surface area contributed by atoms with E-state index in [9.17, 15) is 9.18 Å². The van der Waals surface area contributed by atoms with Crippen molar-refractivity contribution in [2.24, 2.45) is 10.3 Å². The summed E-state index contributed by atoms with van der Waals surface area (Å²) >= 11 is 2.02. The molecule has 0 saturated carbocycles. The fourth-order valence-electron chi connectivity index (χ4n) is 1.87. The van der Waals surface area contributed by atoms with Crippen molar-refractivity contribution in [3.63, 3.8) is 0 Å². The Morgan fingerprint density at radius 2 is 2.11 bits per heavy atom. The van der Waals surface area contributed by atoms with Crippen molar-refractivity contribution >= 4 is 34.6 Å². The minimum atomic E-state index is -0.429. The normalized spacial score (nSPS) is 15.6. The summed E-state index contributed by atoms with van der Waals surface area (Å²) in [6, 6.07) is 3.16. The first kappa shape index (κ1) is 13.4. The molecule has 0 aromatic heterocycles. The van der Waals surface area contributed by atoms with E-state index in [1.165, 1.54) is 6.07 Å². The minimum absolute atomic E-state index is 0.155. The Hall–Kier alpha value is -1.05. The van der Waals surface area contributed by atoms with Crippen LogP contribution in [0, 0.1) is 9.39 Å². The largest absolute Gasteiger partial charge is 0.303 e. The van der Waals surface area contributed by atoms with Gasteiger partial charge in [-0.3, -0.25) is 5.01 Å². The fraction of sp³-hybridized carbons (Fsp3) is 0.417. The van der Waals surface area contributed by atoms with Gasteiger partial charge in [0.2, 0.25) is 0 Å². The molecule has 0 aliphatic carbocycles. The molecule has 4 nitrogen and oxygen atoms in total. The predicted octanol–water partition coefficient (Wildman–Crippen LogP) is 3.27. The molecule has 0 atom stereocenters. The summed E-state index contributed by atoms with van der Waals surface area (Å²) in [5.74, 6) is -0.429. The van der Waals surface area contributed by atoms with Gasteiger partial charge in [0.1, 0.15) is 12.0 Å². The van der Waals surface area contributed by atoms with Gasteiger partial charge >= 0.3 is 0 Å². The maximum atomic E-state index is 13.8. The molecule has 0 radical (unpaired) electrons. The average molecular weight is 361 g/mol. The molecular formula is C12H13FIN3O. The third-order valence-corrected chi connectivity index (χ3v) is 3.39. The maximum Gasteiger partial charge on any atom is 0.152 e. The molecule has 0 spiro atoms. The number of carbonyl (C=O) groups is 1. The molecular weight excluding hydrogens is 348 g/mol. The molecule has 1 aliphatic rings. The Bertz CT molecular complexity index is 473. The third kappa shape index (κ3) is 3.24. The van der Waals surface area contributed by atoms with Gasteiger partial charge in [-0.15, -0.1) is 5.11 Å². The molecule has 0 amide bonds. The van der Waals surface area contributed by atoms with Gasteiger partial charge in [-0.2, -0.15) is 0 Å². The number of benzene rings is 1. The van der Waals surface area contributed by atoms with Crippen LogP contribution in [0.2, 0.25) is 0 Å². The lowest BCUT2D eigenvalue weighted by Gasteiger charge is -2.09. The van der Waals surface area contributed by atoms with Crippen LogP contribution in [-0.4, -0.2) is 24.4 Å². The number of rotatable bonds is 4. The fourth-order valence-corrected chi connectivity index (χ4v) is 2.52. The Balaban J connectivity index is 2.26. The molecule has 1 saturated heterocycles. The second kappa shape index (κ2) is 6.21. The first-order valence-corrected chi connectivity index (χ1v) is 6.86. The van der Waals surface area contributed by atoms with E-state index in [1.54, 1.807) is 6.07 Å². The van der Waals surface area contributed by atoms with Gasteiger partial charge < -0.3 is 4.79 Å². The molecule has 1 aliphatic heterocycles. The van der Waals surface area contributed by atoms with Crippen molar-refractivity contribution in [1.82, 2.24) is 5.01 Å². The number of aldehydes is 1. The monoisotopic (exact) mass is 361 g/mol. The molecule has 6 heteroatoms. The van der Waals surface area contributed by atoms with Crippen LogP contribution in [0.5, 0.6) is 0 Å². The van der Waals surface area contributed by atoms with Crippen LogP contribution in [0.15, 0.2) is 22.5 Å². The van der Waals surface area contributed by atoms with Gasteiger partial charge in [0.25, 0.3) is 0 Å². The van der Waals surface area contributed by atoms with Crippen molar-refractivity contribution in [3.05, 3.63) is 27.1 Å². The molecule has 1 aromatic carbocycles. The molecule has 96 valence electrons. The number of hydrogen-bond acceptors (Lipinski definition) is 3. The van der Waals surface area contributed by atoms with Crippen molar-refractivity contribution in [2.45, 2.75) is 19.3 Å². The summed E-state index contributed by atoms with van der Waals surface area (Å²) in [6.07, 6.45) is 3.09. The van der Waals surface area contributed by atoms with Crippen molar-refractivity contribution in [2.75, 3.05) is 13.1 Å². The van der Waals surface area contributed by atoms with E-state index in [-0.39, 0.29) is 12.1 Å². The summed E-state index contributed by atoms with van der Waals surface area (Å²) < 4.78 is 14.6. The van der Waals surface area contributed by atoms with E-state index in [0.29, 0.717) is 5.56 Å². The van der Waals surface area contributed by atoms with Crippen molar-refractivity contribution in [1.29, 1.82) is 0 Å². The van der Waals surface area contributed by atoms with E-state index in [0.717, 1.165) is 35.8 Å². The Kier molecular flexibility index (Phi) is 4.62. The van der Waals surface area contributed by atoms with Gasteiger partial charge in [-0.1, -0.05) is 5.22 Å². The Morgan fingerprint density at radius 1 is 1.39 bits per heavy atom. The van der Waals surface area contributed by atoms with E-state index in [4.69, 9.17) is 0 Å². The first-order valence-electron chi connectivity index (χ1n) is 5.79. The number of halogens is 2. The summed E-state index contributed by atoms with van der Waals surface area (Å²) in [4.78, 5) is 10.6. The van der Waals surface area contributed by atoms with E-state index >= 15 is 0 Å². The quantitative estimate of drug-likeness (QED) is 0.470. The summed E-state index contributed by atoms with van der Waals surface area (Å²) in [6.45, 7) is 1.72. The van der Waals surface area contributed by atoms with Crippen LogP contribution in [-0.2, 0) is 11.2 Å². The maximum absolute atomic E-state index is 13.8. The van der Waals surface area contributed by atoms with Crippen LogP contribution < -0.4 is 0 Å². The minimum Gasteiger partial charge on any atom is -0.303 e. The molecule has 0 bridgehead atoms. The smallest absolute Gasteiger partial charge is 0.152 e. The topological polar surface area (TPSA) is 45.0 Å². The lowest BCUT2D eigenvalue weighted by molar-refractivity contribution is -0.107. The van der Waals surface area contributed by atoms with Crippen molar-refractivity contribution < 1.29 is 9.18 Å². The summed E-state index contributed by atoms with van der Waals surface area (Å²) in [5.41, 5.74) is 0.756. The molecule has 1 fully saturated rings. The molecule has 18 heavy (non-hydrogen) atoms. The zero-order valence-corrected chi connectivity index (χ0v) is 11.9. The SMILES string of the molecule is O=CCc1cc(I)cc(F)c1N=NN1CCCC1. The highest BCUT2D eigenvalue weighted by Gasteiger charge is 2.12. The third-order valence-electron chi connectivity index (χ3n) is 2.76. The standard InChI is InChI=1S/C12H13FIN3O/c13-11-8-10(14)7-9(3-6-18)12(11)15-16-17-4-1-2-5-17/h6-8H,1-5H2. The predicted molar refractivity (Wildman–Crippen MR) is 74.2 cm³/mol.